The predicted molar refractivity (Wildman–Crippen MR) is 60.8 cm³/mol. The Balaban J connectivity index is 1.73. The normalized spacial score (nSPS) is 35.8. The zero-order chi connectivity index (χ0) is 8.39. The Morgan fingerprint density at radius 1 is 1.25 bits per heavy atom. The van der Waals surface area contributed by atoms with Gasteiger partial charge in [-0.05, 0) is 31.7 Å². The maximum absolute atomic E-state index is 2.71. The van der Waals surface area contributed by atoms with Crippen LogP contribution in [0.25, 0.3) is 0 Å². The van der Waals surface area contributed by atoms with Gasteiger partial charge in [0.15, 0.2) is 0 Å². The summed E-state index contributed by atoms with van der Waals surface area (Å²) < 4.78 is 1.33. The lowest BCUT2D eigenvalue weighted by Crippen LogP contribution is -2.57. The molecule has 1 heterocycles. The maximum atomic E-state index is 2.71. The molecule has 2 fully saturated rings. The second kappa shape index (κ2) is 4.27. The summed E-state index contributed by atoms with van der Waals surface area (Å²) in [5, 5.41) is 0. The topological polar surface area (TPSA) is 3.24 Å². The highest BCUT2D eigenvalue weighted by molar-refractivity contribution is 14.1. The molecule has 0 N–H and O–H groups in total. The van der Waals surface area contributed by atoms with Crippen LogP contribution in [0.4, 0.5) is 0 Å². The van der Waals surface area contributed by atoms with E-state index >= 15 is 0 Å². The molecule has 1 aliphatic carbocycles. The minimum absolute atomic E-state index is 1.00. The van der Waals surface area contributed by atoms with E-state index in [2.05, 4.69) is 27.5 Å². The van der Waals surface area contributed by atoms with Gasteiger partial charge in [0.1, 0.15) is 0 Å². The van der Waals surface area contributed by atoms with Crippen LogP contribution in [-0.2, 0) is 0 Å². The Morgan fingerprint density at radius 3 is 2.83 bits per heavy atom. The molecule has 0 aromatic carbocycles. The summed E-state index contributed by atoms with van der Waals surface area (Å²) >= 11 is 2.48. The Bertz CT molecular complexity index is 147. The third kappa shape index (κ3) is 1.79. The Labute approximate surface area is 89.0 Å². The van der Waals surface area contributed by atoms with Crippen LogP contribution in [0.1, 0.15) is 32.1 Å². The summed E-state index contributed by atoms with van der Waals surface area (Å²) in [5.74, 6) is 1.09. The summed E-state index contributed by atoms with van der Waals surface area (Å²) in [4.78, 5) is 2.71. The Morgan fingerprint density at radius 2 is 2.08 bits per heavy atom. The molecule has 0 amide bonds. The van der Waals surface area contributed by atoms with Crippen molar-refractivity contribution >= 4 is 22.6 Å². The van der Waals surface area contributed by atoms with E-state index in [1.165, 1.54) is 49.6 Å². The van der Waals surface area contributed by atoms with Crippen molar-refractivity contribution < 1.29 is 0 Å². The molecule has 1 aliphatic heterocycles. The molecule has 70 valence electrons. The first-order valence-electron chi connectivity index (χ1n) is 5.22. The third-order valence-electron chi connectivity index (χ3n) is 3.39. The molecule has 2 aliphatic rings. The lowest BCUT2D eigenvalue weighted by Gasteiger charge is -2.51. The SMILES string of the molecule is ICCCN1C[C@H]2CCCC[C@H]21. The van der Waals surface area contributed by atoms with Crippen molar-refractivity contribution in [3.05, 3.63) is 0 Å². The third-order valence-corrected chi connectivity index (χ3v) is 4.15. The van der Waals surface area contributed by atoms with Gasteiger partial charge in [0.05, 0.1) is 0 Å². The molecule has 0 bridgehead atoms. The van der Waals surface area contributed by atoms with Gasteiger partial charge in [-0.25, -0.2) is 0 Å². The highest BCUT2D eigenvalue weighted by atomic mass is 127. The largest absolute Gasteiger partial charge is 0.300 e. The van der Waals surface area contributed by atoms with Crippen molar-refractivity contribution in [3.63, 3.8) is 0 Å². The molecule has 12 heavy (non-hydrogen) atoms. The van der Waals surface area contributed by atoms with E-state index in [0.717, 1.165) is 12.0 Å². The van der Waals surface area contributed by atoms with E-state index in [-0.39, 0.29) is 0 Å². The maximum Gasteiger partial charge on any atom is 0.0136 e. The zero-order valence-corrected chi connectivity index (χ0v) is 9.79. The quantitative estimate of drug-likeness (QED) is 0.567. The number of likely N-dealkylation sites (tertiary alicyclic amines) is 1. The van der Waals surface area contributed by atoms with Gasteiger partial charge in [0.2, 0.25) is 0 Å². The van der Waals surface area contributed by atoms with Crippen LogP contribution in [-0.4, -0.2) is 28.5 Å². The Kier molecular flexibility index (Phi) is 3.29. The highest BCUT2D eigenvalue weighted by Crippen LogP contribution is 2.36. The van der Waals surface area contributed by atoms with E-state index in [4.69, 9.17) is 0 Å². The molecule has 2 heteroatoms. The predicted octanol–water partition coefficient (Wildman–Crippen LogP) is 2.69. The minimum Gasteiger partial charge on any atom is -0.300 e. The molecule has 1 saturated carbocycles. The molecule has 1 saturated heterocycles. The van der Waals surface area contributed by atoms with Crippen molar-refractivity contribution in [3.8, 4) is 0 Å². The zero-order valence-electron chi connectivity index (χ0n) is 7.64. The van der Waals surface area contributed by atoms with E-state index in [1.807, 2.05) is 0 Å². The standard InChI is InChI=1S/C10H18IN/c11-6-3-7-12-8-9-4-1-2-5-10(9)12/h9-10H,1-8H2/t9-,10-/m1/s1. The molecule has 1 nitrogen and oxygen atoms in total. The van der Waals surface area contributed by atoms with Crippen molar-refractivity contribution in [2.24, 2.45) is 5.92 Å². The van der Waals surface area contributed by atoms with Crippen LogP contribution in [0.3, 0.4) is 0 Å². The van der Waals surface area contributed by atoms with Gasteiger partial charge in [0.25, 0.3) is 0 Å². The van der Waals surface area contributed by atoms with Crippen molar-refractivity contribution in [1.29, 1.82) is 0 Å². The van der Waals surface area contributed by atoms with Crippen LogP contribution in [0.2, 0.25) is 0 Å². The van der Waals surface area contributed by atoms with Gasteiger partial charge in [-0.15, -0.1) is 0 Å². The van der Waals surface area contributed by atoms with Gasteiger partial charge in [-0.2, -0.15) is 0 Å². The summed E-state index contributed by atoms with van der Waals surface area (Å²) in [7, 11) is 0. The number of hydrogen-bond donors (Lipinski definition) is 0. The smallest absolute Gasteiger partial charge is 0.0136 e. The average molecular weight is 279 g/mol. The van der Waals surface area contributed by atoms with Gasteiger partial charge in [0, 0.05) is 17.0 Å². The van der Waals surface area contributed by atoms with E-state index < -0.39 is 0 Å². The number of alkyl halides is 1. The van der Waals surface area contributed by atoms with Crippen LogP contribution < -0.4 is 0 Å². The van der Waals surface area contributed by atoms with Crippen molar-refractivity contribution in [2.75, 3.05) is 17.5 Å². The average Bonchev–Trinajstić information content (AvgIpc) is 2.07. The second-order valence-electron chi connectivity index (χ2n) is 4.15. The minimum atomic E-state index is 1.00. The Hall–Kier alpha value is 0.690. The first kappa shape index (κ1) is 9.25. The van der Waals surface area contributed by atoms with Gasteiger partial charge in [-0.1, -0.05) is 35.4 Å². The lowest BCUT2D eigenvalue weighted by molar-refractivity contribution is -0.0134. The number of rotatable bonds is 3. The summed E-state index contributed by atoms with van der Waals surface area (Å²) in [6.07, 6.45) is 7.39. The monoisotopic (exact) mass is 279 g/mol. The van der Waals surface area contributed by atoms with Crippen molar-refractivity contribution in [2.45, 2.75) is 38.1 Å². The lowest BCUT2D eigenvalue weighted by atomic mass is 9.77. The first-order chi connectivity index (χ1) is 5.92. The molecule has 2 atom stereocenters. The summed E-state index contributed by atoms with van der Waals surface area (Å²) in [5.41, 5.74) is 0. The molecule has 0 unspecified atom stereocenters. The van der Waals surface area contributed by atoms with Crippen LogP contribution >= 0.6 is 22.6 Å². The molecule has 2 rings (SSSR count). The fraction of sp³-hybridized carbons (Fsp3) is 1.00. The number of halogens is 1. The van der Waals surface area contributed by atoms with Crippen LogP contribution in [0, 0.1) is 5.92 Å². The molecule has 0 radical (unpaired) electrons. The fourth-order valence-corrected chi connectivity index (χ4v) is 3.04. The van der Waals surface area contributed by atoms with Gasteiger partial charge < -0.3 is 0 Å². The highest BCUT2D eigenvalue weighted by Gasteiger charge is 2.38. The second-order valence-corrected chi connectivity index (χ2v) is 5.23. The summed E-state index contributed by atoms with van der Waals surface area (Å²) in [6.45, 7) is 2.78. The van der Waals surface area contributed by atoms with Gasteiger partial charge in [-0.3, -0.25) is 4.90 Å². The van der Waals surface area contributed by atoms with Crippen LogP contribution in [0.15, 0.2) is 0 Å². The fourth-order valence-electron chi connectivity index (χ4n) is 2.70. The number of hydrogen-bond acceptors (Lipinski definition) is 1. The van der Waals surface area contributed by atoms with E-state index in [0.29, 0.717) is 0 Å². The van der Waals surface area contributed by atoms with Crippen LogP contribution in [0.5, 0.6) is 0 Å². The van der Waals surface area contributed by atoms with E-state index in [9.17, 15) is 0 Å². The molecule has 0 spiro atoms. The molecular formula is C10H18IN. The molecule has 0 aromatic heterocycles. The number of nitrogens with zero attached hydrogens (tertiary/aromatic N) is 1. The van der Waals surface area contributed by atoms with E-state index in [1.54, 1.807) is 0 Å². The van der Waals surface area contributed by atoms with Gasteiger partial charge >= 0.3 is 0 Å². The molecular weight excluding hydrogens is 261 g/mol. The van der Waals surface area contributed by atoms with Crippen molar-refractivity contribution in [1.82, 2.24) is 4.90 Å². The summed E-state index contributed by atoms with van der Waals surface area (Å²) in [6, 6.07) is 1.00. The molecule has 0 aromatic rings. The number of fused-ring (bicyclic) bond motifs is 1. The first-order valence-corrected chi connectivity index (χ1v) is 6.74.